The maximum absolute atomic E-state index is 12.5. The van der Waals surface area contributed by atoms with Crippen molar-refractivity contribution in [1.82, 2.24) is 14.8 Å². The molecule has 3 aromatic rings. The van der Waals surface area contributed by atoms with E-state index in [1.165, 1.54) is 18.7 Å². The molecule has 0 saturated carbocycles. The van der Waals surface area contributed by atoms with Crippen molar-refractivity contribution in [1.29, 1.82) is 0 Å². The first-order valence-corrected chi connectivity index (χ1v) is 11.1. The van der Waals surface area contributed by atoms with Crippen LogP contribution < -0.4 is 5.32 Å². The summed E-state index contributed by atoms with van der Waals surface area (Å²) in [5, 5.41) is 12.2. The monoisotopic (exact) mass is 440 g/mol. The highest BCUT2D eigenvalue weighted by atomic mass is 32.2. The summed E-state index contributed by atoms with van der Waals surface area (Å²) in [7, 11) is 0. The number of nitrogens with one attached hydrogen (secondary N) is 1. The number of carbonyl (C=O) groups is 2. The van der Waals surface area contributed by atoms with E-state index in [4.69, 9.17) is 9.15 Å². The van der Waals surface area contributed by atoms with Gasteiger partial charge >= 0.3 is 0 Å². The van der Waals surface area contributed by atoms with Gasteiger partial charge in [-0.1, -0.05) is 11.8 Å². The number of rotatable bonds is 8. The van der Waals surface area contributed by atoms with Gasteiger partial charge in [-0.15, -0.1) is 10.2 Å². The number of hydrogen-bond donors (Lipinski definition) is 1. The van der Waals surface area contributed by atoms with Crippen molar-refractivity contribution in [3.8, 4) is 11.4 Å². The first-order valence-electron chi connectivity index (χ1n) is 10.1. The Hall–Kier alpha value is -2.91. The molecule has 8 nitrogen and oxygen atoms in total. The van der Waals surface area contributed by atoms with Crippen LogP contribution in [-0.2, 0) is 16.1 Å². The Kier molecular flexibility index (Phi) is 6.53. The predicted molar refractivity (Wildman–Crippen MR) is 117 cm³/mol. The zero-order chi connectivity index (χ0) is 21.8. The van der Waals surface area contributed by atoms with Crippen LogP contribution >= 0.6 is 11.8 Å². The first-order chi connectivity index (χ1) is 15.0. The molecule has 4 rings (SSSR count). The van der Waals surface area contributed by atoms with Crippen LogP contribution in [0.2, 0.25) is 0 Å². The Labute approximate surface area is 184 Å². The smallest absolute Gasteiger partial charge is 0.234 e. The number of amides is 1. The third-order valence-electron chi connectivity index (χ3n) is 5.13. The number of benzene rings is 1. The minimum absolute atomic E-state index is 0.0114. The molecule has 1 saturated heterocycles. The fourth-order valence-electron chi connectivity index (χ4n) is 3.48. The number of Topliss-reactive ketones (excluding diaryl/α,β-unsaturated/α-hetero) is 1. The fraction of sp³-hybridized carbons (Fsp3) is 0.364. The number of furan rings is 1. The predicted octanol–water partition coefficient (Wildman–Crippen LogP) is 3.96. The molecule has 0 spiro atoms. The zero-order valence-electron chi connectivity index (χ0n) is 17.5. The normalized spacial score (nSPS) is 15.9. The van der Waals surface area contributed by atoms with E-state index in [9.17, 15) is 9.59 Å². The van der Waals surface area contributed by atoms with Gasteiger partial charge in [-0.25, -0.2) is 0 Å². The van der Waals surface area contributed by atoms with Crippen molar-refractivity contribution in [2.75, 3.05) is 17.7 Å². The molecule has 0 bridgehead atoms. The first kappa shape index (κ1) is 21.3. The maximum Gasteiger partial charge on any atom is 0.234 e. The summed E-state index contributed by atoms with van der Waals surface area (Å²) in [6, 6.07) is 8.71. The van der Waals surface area contributed by atoms with Gasteiger partial charge in [0, 0.05) is 17.9 Å². The van der Waals surface area contributed by atoms with Crippen molar-refractivity contribution >= 4 is 29.1 Å². The molecular weight excluding hydrogens is 416 g/mol. The topological polar surface area (TPSA) is 99.3 Å². The number of carbonyl (C=O) groups excluding carboxylic acids is 2. The second-order valence-corrected chi connectivity index (χ2v) is 8.36. The van der Waals surface area contributed by atoms with Crippen molar-refractivity contribution in [2.45, 2.75) is 44.5 Å². The number of aromatic nitrogens is 3. The van der Waals surface area contributed by atoms with Gasteiger partial charge < -0.3 is 14.5 Å². The highest BCUT2D eigenvalue weighted by Gasteiger charge is 2.23. The van der Waals surface area contributed by atoms with E-state index >= 15 is 0 Å². The van der Waals surface area contributed by atoms with Gasteiger partial charge in [0.05, 0.1) is 30.2 Å². The van der Waals surface area contributed by atoms with E-state index in [-0.39, 0.29) is 23.5 Å². The van der Waals surface area contributed by atoms with Crippen molar-refractivity contribution in [2.24, 2.45) is 0 Å². The van der Waals surface area contributed by atoms with E-state index in [0.29, 0.717) is 28.8 Å². The highest BCUT2D eigenvalue weighted by molar-refractivity contribution is 7.99. The minimum Gasteiger partial charge on any atom is -0.469 e. The number of ether oxygens (including phenoxy) is 1. The average molecular weight is 441 g/mol. The zero-order valence-corrected chi connectivity index (χ0v) is 18.3. The third-order valence-corrected chi connectivity index (χ3v) is 6.10. The minimum atomic E-state index is -0.159. The van der Waals surface area contributed by atoms with Gasteiger partial charge in [-0.05, 0) is 57.0 Å². The Morgan fingerprint density at radius 1 is 1.23 bits per heavy atom. The number of aryl methyl sites for hydroxylation is 1. The lowest BCUT2D eigenvalue weighted by atomic mass is 10.1. The molecule has 1 fully saturated rings. The van der Waals surface area contributed by atoms with Gasteiger partial charge in [0.2, 0.25) is 5.91 Å². The highest BCUT2D eigenvalue weighted by Crippen LogP contribution is 2.29. The summed E-state index contributed by atoms with van der Waals surface area (Å²) < 4.78 is 13.2. The van der Waals surface area contributed by atoms with Crippen LogP contribution in [0.3, 0.4) is 0 Å². The average Bonchev–Trinajstić information content (AvgIpc) is 3.49. The third kappa shape index (κ3) is 5.05. The lowest BCUT2D eigenvalue weighted by molar-refractivity contribution is -0.113. The van der Waals surface area contributed by atoms with Crippen LogP contribution in [0, 0.1) is 6.92 Å². The van der Waals surface area contributed by atoms with E-state index in [1.807, 2.05) is 17.6 Å². The van der Waals surface area contributed by atoms with Crippen molar-refractivity contribution in [3.05, 3.63) is 47.9 Å². The molecule has 0 aliphatic carbocycles. The Balaban J connectivity index is 1.45. The molecule has 1 N–H and O–H groups in total. The fourth-order valence-corrected chi connectivity index (χ4v) is 4.23. The van der Waals surface area contributed by atoms with Gasteiger partial charge in [0.15, 0.2) is 16.8 Å². The molecule has 1 aliphatic heterocycles. The second kappa shape index (κ2) is 9.49. The Morgan fingerprint density at radius 2 is 2.03 bits per heavy atom. The van der Waals surface area contributed by atoms with E-state index < -0.39 is 0 Å². The van der Waals surface area contributed by atoms with Crippen LogP contribution in [-0.4, -0.2) is 44.9 Å². The van der Waals surface area contributed by atoms with Crippen molar-refractivity contribution < 1.29 is 18.7 Å². The standard InChI is InChI=1S/C22H24N4O4S/c1-14(27)16-5-7-17(8-6-16)23-20(28)13-31-22-25-24-21(19-9-11-29-15(19)2)26(22)12-18-4-3-10-30-18/h5-9,11,18H,3-4,10,12-13H2,1-2H3,(H,23,28)/t18-/m1/s1. The Morgan fingerprint density at radius 3 is 2.68 bits per heavy atom. The molecule has 1 atom stereocenters. The summed E-state index contributed by atoms with van der Waals surface area (Å²) in [4.78, 5) is 23.8. The number of nitrogens with zero attached hydrogens (tertiary/aromatic N) is 3. The number of anilines is 1. The second-order valence-electron chi connectivity index (χ2n) is 7.41. The number of ketones is 1. The quantitative estimate of drug-likeness (QED) is 0.418. The maximum atomic E-state index is 12.5. The molecule has 9 heteroatoms. The van der Waals surface area contributed by atoms with Crippen LogP contribution in [0.15, 0.2) is 46.2 Å². The van der Waals surface area contributed by atoms with E-state index in [2.05, 4.69) is 15.5 Å². The molecule has 1 amide bonds. The number of hydrogen-bond acceptors (Lipinski definition) is 7. The van der Waals surface area contributed by atoms with Gasteiger partial charge in [0.25, 0.3) is 0 Å². The lowest BCUT2D eigenvalue weighted by Crippen LogP contribution is -2.18. The molecule has 31 heavy (non-hydrogen) atoms. The molecular formula is C22H24N4O4S. The van der Waals surface area contributed by atoms with Crippen LogP contribution in [0.4, 0.5) is 5.69 Å². The van der Waals surface area contributed by atoms with Crippen molar-refractivity contribution in [3.63, 3.8) is 0 Å². The van der Waals surface area contributed by atoms with Gasteiger partial charge in [-0.2, -0.15) is 0 Å². The summed E-state index contributed by atoms with van der Waals surface area (Å²) in [5.74, 6) is 1.49. The molecule has 0 radical (unpaired) electrons. The largest absolute Gasteiger partial charge is 0.469 e. The molecule has 2 aromatic heterocycles. The van der Waals surface area contributed by atoms with E-state index in [0.717, 1.165) is 30.8 Å². The van der Waals surface area contributed by atoms with Gasteiger partial charge in [0.1, 0.15) is 5.76 Å². The molecule has 162 valence electrons. The van der Waals surface area contributed by atoms with E-state index in [1.54, 1.807) is 30.5 Å². The van der Waals surface area contributed by atoms with Gasteiger partial charge in [-0.3, -0.25) is 14.2 Å². The summed E-state index contributed by atoms with van der Waals surface area (Å²) in [6.45, 7) is 4.79. The summed E-state index contributed by atoms with van der Waals surface area (Å²) in [6.07, 6.45) is 3.77. The molecule has 1 aliphatic rings. The van der Waals surface area contributed by atoms with Crippen LogP contribution in [0.25, 0.3) is 11.4 Å². The Bertz CT molecular complexity index is 1070. The van der Waals surface area contributed by atoms with Crippen LogP contribution in [0.5, 0.6) is 0 Å². The van der Waals surface area contributed by atoms with Crippen LogP contribution in [0.1, 0.15) is 35.9 Å². The molecule has 3 heterocycles. The lowest BCUT2D eigenvalue weighted by Gasteiger charge is -2.14. The summed E-state index contributed by atoms with van der Waals surface area (Å²) >= 11 is 1.33. The summed E-state index contributed by atoms with van der Waals surface area (Å²) in [5.41, 5.74) is 2.13. The molecule has 0 unspecified atom stereocenters. The molecule has 1 aromatic carbocycles. The SMILES string of the molecule is CC(=O)c1ccc(NC(=O)CSc2nnc(-c3ccoc3C)n2C[C@H]2CCCO2)cc1. The number of thioether (sulfide) groups is 1.